The lowest BCUT2D eigenvalue weighted by molar-refractivity contribution is -0.135. The molecule has 2 aromatic rings. The van der Waals surface area contributed by atoms with Gasteiger partial charge < -0.3 is 19.1 Å². The van der Waals surface area contributed by atoms with E-state index in [9.17, 15) is 17.6 Å². The lowest BCUT2D eigenvalue weighted by Gasteiger charge is -2.29. The summed E-state index contributed by atoms with van der Waals surface area (Å²) >= 11 is 0. The fourth-order valence-electron chi connectivity index (χ4n) is 2.73. The number of fused-ring (bicyclic) bond motifs is 1. The van der Waals surface area contributed by atoms with Crippen LogP contribution in [-0.4, -0.2) is 35.7 Å². The van der Waals surface area contributed by atoms with Crippen molar-refractivity contribution < 1.29 is 31.8 Å². The second kappa shape index (κ2) is 6.92. The monoisotopic (exact) mass is 393 g/mol. The summed E-state index contributed by atoms with van der Waals surface area (Å²) in [6.07, 6.45) is 1.08. The molecule has 1 aliphatic rings. The van der Waals surface area contributed by atoms with Gasteiger partial charge in [0.2, 0.25) is 9.84 Å². The number of hydrogen-bond acceptors (Lipinski definition) is 7. The molecule has 0 saturated carbocycles. The minimum Gasteiger partial charge on any atom is -0.497 e. The van der Waals surface area contributed by atoms with Crippen LogP contribution in [0.4, 0.5) is 15.8 Å². The van der Waals surface area contributed by atoms with E-state index in [1.165, 1.54) is 19.1 Å². The molecule has 0 N–H and O–H groups in total. The van der Waals surface area contributed by atoms with Crippen molar-refractivity contribution in [2.45, 2.75) is 4.90 Å². The quantitative estimate of drug-likeness (QED) is 0.583. The van der Waals surface area contributed by atoms with E-state index >= 15 is 0 Å². The number of anilines is 2. The number of halogens is 1. The standard InChI is InChI=1S/C18H16FNO6S/c1-24-12-5-6-15(25-2)13(9-12)20-10-17(18(21)26-3)27(22,23)16-7-4-11(19)8-14(16)20/h4-10H,1-3H3. The molecule has 142 valence electrons. The molecule has 0 unspecified atom stereocenters. The van der Waals surface area contributed by atoms with Crippen LogP contribution in [0.1, 0.15) is 0 Å². The summed E-state index contributed by atoms with van der Waals surface area (Å²) in [5.41, 5.74) is 0.397. The predicted octanol–water partition coefficient (Wildman–Crippen LogP) is 2.78. The molecule has 27 heavy (non-hydrogen) atoms. The molecule has 0 radical (unpaired) electrons. The lowest BCUT2D eigenvalue weighted by atomic mass is 10.2. The van der Waals surface area contributed by atoms with Crippen LogP contribution in [0.15, 0.2) is 52.4 Å². The van der Waals surface area contributed by atoms with Gasteiger partial charge in [-0.25, -0.2) is 17.6 Å². The fraction of sp³-hybridized carbons (Fsp3) is 0.167. The predicted molar refractivity (Wildman–Crippen MR) is 95.4 cm³/mol. The van der Waals surface area contributed by atoms with Crippen molar-refractivity contribution in [1.29, 1.82) is 0 Å². The summed E-state index contributed by atoms with van der Waals surface area (Å²) in [4.78, 5) is 12.6. The molecule has 0 bridgehead atoms. The Labute approximate surface area is 155 Å². The Morgan fingerprint density at radius 1 is 1.00 bits per heavy atom. The third-order valence-corrected chi connectivity index (χ3v) is 5.81. The SMILES string of the molecule is COC(=O)C1=CN(c2cc(OC)ccc2OC)c2cc(F)ccc2S1(=O)=O. The van der Waals surface area contributed by atoms with Crippen molar-refractivity contribution in [3.8, 4) is 11.5 Å². The molecule has 0 amide bonds. The van der Waals surface area contributed by atoms with Gasteiger partial charge in [0.1, 0.15) is 17.3 Å². The summed E-state index contributed by atoms with van der Waals surface area (Å²) in [7, 11) is -0.200. The fourth-order valence-corrected chi connectivity index (χ4v) is 4.19. The number of hydrogen-bond donors (Lipinski definition) is 0. The highest BCUT2D eigenvalue weighted by Gasteiger charge is 2.37. The van der Waals surface area contributed by atoms with Gasteiger partial charge >= 0.3 is 5.97 Å². The molecule has 1 heterocycles. The van der Waals surface area contributed by atoms with Crippen LogP contribution in [0.3, 0.4) is 0 Å². The van der Waals surface area contributed by atoms with Crippen LogP contribution in [-0.2, 0) is 19.4 Å². The Morgan fingerprint density at radius 3 is 2.37 bits per heavy atom. The van der Waals surface area contributed by atoms with Crippen molar-refractivity contribution in [1.82, 2.24) is 0 Å². The highest BCUT2D eigenvalue weighted by molar-refractivity contribution is 7.96. The number of nitrogens with zero attached hydrogens (tertiary/aromatic N) is 1. The molecular formula is C18H16FNO6S. The summed E-state index contributed by atoms with van der Waals surface area (Å²) in [6.45, 7) is 0. The molecule has 0 saturated heterocycles. The maximum Gasteiger partial charge on any atom is 0.351 e. The third-order valence-electron chi connectivity index (χ3n) is 4.04. The summed E-state index contributed by atoms with van der Waals surface area (Å²) in [5.74, 6) is -0.835. The van der Waals surface area contributed by atoms with Crippen LogP contribution < -0.4 is 14.4 Å². The first-order chi connectivity index (χ1) is 12.8. The molecular weight excluding hydrogens is 377 g/mol. The van der Waals surface area contributed by atoms with E-state index in [0.29, 0.717) is 17.2 Å². The third kappa shape index (κ3) is 3.10. The largest absolute Gasteiger partial charge is 0.497 e. The van der Waals surface area contributed by atoms with Crippen molar-refractivity contribution >= 4 is 27.2 Å². The zero-order valence-corrected chi connectivity index (χ0v) is 15.5. The first-order valence-corrected chi connectivity index (χ1v) is 9.18. The topological polar surface area (TPSA) is 82.1 Å². The maximum atomic E-state index is 13.9. The number of sulfone groups is 1. The number of methoxy groups -OCH3 is 3. The van der Waals surface area contributed by atoms with Gasteiger partial charge in [0.25, 0.3) is 0 Å². The smallest absolute Gasteiger partial charge is 0.351 e. The molecule has 2 aromatic carbocycles. The number of benzene rings is 2. The summed E-state index contributed by atoms with van der Waals surface area (Å²) in [5, 5.41) is 0. The van der Waals surface area contributed by atoms with Crippen LogP contribution >= 0.6 is 0 Å². The van der Waals surface area contributed by atoms with Crippen molar-refractivity contribution in [2.24, 2.45) is 0 Å². The van der Waals surface area contributed by atoms with E-state index in [1.807, 2.05) is 0 Å². The number of carbonyl (C=O) groups excluding carboxylic acids is 1. The summed E-state index contributed by atoms with van der Waals surface area (Å²) < 4.78 is 54.6. The zero-order valence-electron chi connectivity index (χ0n) is 14.7. The number of esters is 1. The van der Waals surface area contributed by atoms with Crippen molar-refractivity contribution in [3.63, 3.8) is 0 Å². The van der Waals surface area contributed by atoms with Crippen LogP contribution in [0.25, 0.3) is 0 Å². The molecule has 7 nitrogen and oxygen atoms in total. The maximum absolute atomic E-state index is 13.9. The van der Waals surface area contributed by atoms with Gasteiger partial charge in [-0.1, -0.05) is 0 Å². The van der Waals surface area contributed by atoms with E-state index in [2.05, 4.69) is 4.74 Å². The van der Waals surface area contributed by atoms with E-state index in [4.69, 9.17) is 9.47 Å². The second-order valence-corrected chi connectivity index (χ2v) is 7.39. The van der Waals surface area contributed by atoms with Crippen LogP contribution in [0.5, 0.6) is 11.5 Å². The van der Waals surface area contributed by atoms with Gasteiger partial charge in [-0.3, -0.25) is 0 Å². The Balaban J connectivity index is 2.35. The van der Waals surface area contributed by atoms with Gasteiger partial charge in [0, 0.05) is 12.3 Å². The molecule has 0 aliphatic carbocycles. The van der Waals surface area contributed by atoms with Gasteiger partial charge in [-0.05, 0) is 30.3 Å². The zero-order chi connectivity index (χ0) is 19.8. The van der Waals surface area contributed by atoms with E-state index < -0.39 is 26.5 Å². The number of rotatable bonds is 4. The molecule has 0 atom stereocenters. The average molecular weight is 393 g/mol. The Bertz CT molecular complexity index is 1050. The Hall–Kier alpha value is -3.07. The molecule has 3 rings (SSSR count). The lowest BCUT2D eigenvalue weighted by Crippen LogP contribution is -2.26. The highest BCUT2D eigenvalue weighted by Crippen LogP contribution is 2.44. The first kappa shape index (κ1) is 18.7. The van der Waals surface area contributed by atoms with E-state index in [-0.39, 0.29) is 10.6 Å². The Morgan fingerprint density at radius 2 is 1.74 bits per heavy atom. The number of carbonyl (C=O) groups is 1. The highest BCUT2D eigenvalue weighted by atomic mass is 32.2. The molecule has 0 fully saturated rings. The van der Waals surface area contributed by atoms with Crippen LogP contribution in [0.2, 0.25) is 0 Å². The van der Waals surface area contributed by atoms with E-state index in [1.54, 1.807) is 18.2 Å². The van der Waals surface area contributed by atoms with E-state index in [0.717, 1.165) is 31.5 Å². The second-order valence-electron chi connectivity index (χ2n) is 5.51. The van der Waals surface area contributed by atoms with Crippen LogP contribution in [0, 0.1) is 5.82 Å². The first-order valence-electron chi connectivity index (χ1n) is 7.69. The van der Waals surface area contributed by atoms with Gasteiger partial charge in [0.05, 0.1) is 37.6 Å². The molecule has 0 spiro atoms. The number of ether oxygens (including phenoxy) is 3. The normalized spacial score (nSPS) is 14.8. The average Bonchev–Trinajstić information content (AvgIpc) is 2.66. The summed E-state index contributed by atoms with van der Waals surface area (Å²) in [6, 6.07) is 8.03. The van der Waals surface area contributed by atoms with Crippen molar-refractivity contribution in [2.75, 3.05) is 26.2 Å². The molecule has 0 aromatic heterocycles. The minimum absolute atomic E-state index is 0.0363. The van der Waals surface area contributed by atoms with Gasteiger partial charge in [0.15, 0.2) is 4.91 Å². The Kier molecular flexibility index (Phi) is 4.79. The van der Waals surface area contributed by atoms with Gasteiger partial charge in [-0.15, -0.1) is 0 Å². The minimum atomic E-state index is -4.18. The molecule has 9 heteroatoms. The van der Waals surface area contributed by atoms with Crippen molar-refractivity contribution in [3.05, 3.63) is 53.3 Å². The van der Waals surface area contributed by atoms with Gasteiger partial charge in [-0.2, -0.15) is 0 Å². The molecule has 1 aliphatic heterocycles.